The number of anilines is 1. The second-order valence-electron chi connectivity index (χ2n) is 11.8. The van der Waals surface area contributed by atoms with Gasteiger partial charge in [0.1, 0.15) is 0 Å². The van der Waals surface area contributed by atoms with E-state index in [4.69, 9.17) is 4.74 Å². The molecular weight excluding hydrogens is 655 g/mol. The predicted molar refractivity (Wildman–Crippen MR) is 183 cm³/mol. The fraction of sp³-hybridized carbons (Fsp3) is 0.353. The number of carbonyl (C=O) groups excluding carboxylic acids is 3. The Kier molecular flexibility index (Phi) is 11.1. The van der Waals surface area contributed by atoms with Crippen LogP contribution in [-0.4, -0.2) is 85.7 Å². The number of cyclic esters (lactones) is 1. The zero-order valence-electron chi connectivity index (χ0n) is 26.9. The maximum atomic E-state index is 14.0. The highest BCUT2D eigenvalue weighted by Gasteiger charge is 2.39. The summed E-state index contributed by atoms with van der Waals surface area (Å²) >= 11 is 1.34. The van der Waals surface area contributed by atoms with Crippen molar-refractivity contribution in [2.45, 2.75) is 49.8 Å². The van der Waals surface area contributed by atoms with Crippen molar-refractivity contribution in [2.24, 2.45) is 5.92 Å². The molecule has 1 fully saturated rings. The first-order valence-corrected chi connectivity index (χ1v) is 18.0. The Morgan fingerprint density at radius 2 is 1.88 bits per heavy atom. The second kappa shape index (κ2) is 15.2. The average molecular weight is 694 g/mol. The lowest BCUT2D eigenvalue weighted by atomic mass is 10.0. The van der Waals surface area contributed by atoms with Gasteiger partial charge < -0.3 is 20.5 Å². The lowest BCUT2D eigenvalue weighted by Crippen LogP contribution is -2.53. The first-order chi connectivity index (χ1) is 23.0. The van der Waals surface area contributed by atoms with Gasteiger partial charge in [0.2, 0.25) is 10.0 Å². The second-order valence-corrected chi connectivity index (χ2v) is 14.6. The van der Waals surface area contributed by atoms with Crippen molar-refractivity contribution in [2.75, 3.05) is 31.6 Å². The largest absolute Gasteiger partial charge is 0.434 e. The van der Waals surface area contributed by atoms with Crippen molar-refractivity contribution in [3.8, 4) is 0 Å². The Labute approximate surface area is 283 Å². The molecule has 0 bridgehead atoms. The number of nitrogens with zero attached hydrogens (tertiary/aromatic N) is 3. The summed E-state index contributed by atoms with van der Waals surface area (Å²) in [6.45, 7) is 3.66. The molecule has 5 rings (SSSR count). The predicted octanol–water partition coefficient (Wildman–Crippen LogP) is 3.81. The van der Waals surface area contributed by atoms with Gasteiger partial charge in [-0.05, 0) is 54.3 Å². The third-order valence-corrected chi connectivity index (χ3v) is 11.0. The van der Waals surface area contributed by atoms with E-state index in [-0.39, 0.29) is 42.8 Å². The summed E-state index contributed by atoms with van der Waals surface area (Å²) < 4.78 is 35.4. The summed E-state index contributed by atoms with van der Waals surface area (Å²) in [5.41, 5.74) is 3.89. The van der Waals surface area contributed by atoms with E-state index in [9.17, 15) is 27.9 Å². The Balaban J connectivity index is 1.37. The Morgan fingerprint density at radius 1 is 1.10 bits per heavy atom. The van der Waals surface area contributed by atoms with Crippen LogP contribution < -0.4 is 15.5 Å². The zero-order chi connectivity index (χ0) is 34.4. The highest BCUT2D eigenvalue weighted by atomic mass is 32.2. The number of benzene rings is 3. The highest BCUT2D eigenvalue weighted by molar-refractivity contribution is 7.89. The summed E-state index contributed by atoms with van der Waals surface area (Å²) in [6, 6.07) is 19.4. The third kappa shape index (κ3) is 8.01. The first-order valence-electron chi connectivity index (χ1n) is 15.7. The summed E-state index contributed by atoms with van der Waals surface area (Å²) in [6.07, 6.45) is -2.38. The Bertz CT molecular complexity index is 1870. The summed E-state index contributed by atoms with van der Waals surface area (Å²) in [5, 5.41) is 17.0. The number of aliphatic hydroxyl groups excluding tert-OH is 1. The molecule has 4 aromatic rings. The monoisotopic (exact) mass is 693 g/mol. The van der Waals surface area contributed by atoms with Gasteiger partial charge in [0.25, 0.3) is 11.8 Å². The fourth-order valence-corrected chi connectivity index (χ4v) is 7.82. The van der Waals surface area contributed by atoms with Crippen molar-refractivity contribution in [1.29, 1.82) is 0 Å². The highest BCUT2D eigenvalue weighted by Crippen LogP contribution is 2.26. The van der Waals surface area contributed by atoms with Gasteiger partial charge in [0.05, 0.1) is 39.3 Å². The molecule has 254 valence electrons. The van der Waals surface area contributed by atoms with Crippen molar-refractivity contribution < 1.29 is 32.6 Å². The smallest absolute Gasteiger partial charge is 0.415 e. The number of hydrogen-bond donors (Lipinski definition) is 3. The van der Waals surface area contributed by atoms with Crippen LogP contribution >= 0.6 is 11.3 Å². The van der Waals surface area contributed by atoms with Gasteiger partial charge >= 0.3 is 6.09 Å². The zero-order valence-corrected chi connectivity index (χ0v) is 28.5. The SMILES string of the molecule is CC[C@H](C)CN(C[C@@H](O)C(Cc1ccccc1)NC(=O)C1CN(c2cccc(C(=O)NC)c2)C(=O)O1)S(=O)(=O)c1ccc2ncsc2c1. The van der Waals surface area contributed by atoms with Crippen LogP contribution in [0.4, 0.5) is 10.5 Å². The standard InChI is InChI=1S/C34H39N5O7S2/c1-4-22(2)18-38(48(44,45)26-13-14-27-31(17-26)47-21-36-27)19-29(40)28(15-23-9-6-5-7-10-23)37-33(42)30-20-39(34(43)46-30)25-12-8-11-24(16-25)32(41)35-3/h5-14,16-17,21-22,28-30,40H,4,15,18-20H2,1-3H3,(H,35,41)(H,37,42)/t22-,28?,29+,30?/m0/s1. The van der Waals surface area contributed by atoms with Crippen molar-refractivity contribution >= 4 is 55.2 Å². The summed E-state index contributed by atoms with van der Waals surface area (Å²) in [4.78, 5) is 44.2. The number of fused-ring (bicyclic) bond motifs is 1. The van der Waals surface area contributed by atoms with E-state index in [1.54, 1.807) is 35.8 Å². The molecule has 0 saturated carbocycles. The number of ether oxygens (including phenoxy) is 1. The van der Waals surface area contributed by atoms with E-state index in [0.717, 1.165) is 16.7 Å². The van der Waals surface area contributed by atoms with Crippen LogP contribution in [0.2, 0.25) is 0 Å². The van der Waals surface area contributed by atoms with Crippen LogP contribution in [0.25, 0.3) is 10.2 Å². The molecule has 1 aromatic heterocycles. The van der Waals surface area contributed by atoms with Gasteiger partial charge in [-0.1, -0.05) is 56.7 Å². The molecule has 12 nitrogen and oxygen atoms in total. The van der Waals surface area contributed by atoms with E-state index in [0.29, 0.717) is 16.8 Å². The van der Waals surface area contributed by atoms with Gasteiger partial charge in [-0.15, -0.1) is 11.3 Å². The molecule has 0 aliphatic carbocycles. The van der Waals surface area contributed by atoms with Gasteiger partial charge in [-0.25, -0.2) is 18.2 Å². The summed E-state index contributed by atoms with van der Waals surface area (Å²) in [5.74, 6) is -0.975. The van der Waals surface area contributed by atoms with Crippen LogP contribution in [0, 0.1) is 5.92 Å². The van der Waals surface area contributed by atoms with Gasteiger partial charge in [0.15, 0.2) is 6.10 Å². The number of nitrogens with one attached hydrogen (secondary N) is 2. The molecule has 0 spiro atoms. The van der Waals surface area contributed by atoms with Gasteiger partial charge in [-0.3, -0.25) is 14.5 Å². The van der Waals surface area contributed by atoms with Crippen molar-refractivity contribution in [3.05, 3.63) is 89.4 Å². The van der Waals surface area contributed by atoms with Crippen molar-refractivity contribution in [1.82, 2.24) is 19.9 Å². The van der Waals surface area contributed by atoms with Gasteiger partial charge in [0, 0.05) is 31.4 Å². The fourth-order valence-electron chi connectivity index (χ4n) is 5.42. The molecule has 0 radical (unpaired) electrons. The number of sulfonamides is 1. The van der Waals surface area contributed by atoms with E-state index in [2.05, 4.69) is 15.6 Å². The minimum atomic E-state index is -4.04. The van der Waals surface area contributed by atoms with E-state index < -0.39 is 40.3 Å². The molecule has 1 saturated heterocycles. The van der Waals surface area contributed by atoms with E-state index in [1.807, 2.05) is 44.2 Å². The van der Waals surface area contributed by atoms with Crippen LogP contribution in [0.3, 0.4) is 0 Å². The molecule has 1 aliphatic rings. The minimum Gasteiger partial charge on any atom is -0.434 e. The maximum Gasteiger partial charge on any atom is 0.415 e. The Morgan fingerprint density at radius 3 is 2.60 bits per heavy atom. The van der Waals surface area contributed by atoms with Crippen LogP contribution in [0.5, 0.6) is 0 Å². The van der Waals surface area contributed by atoms with E-state index in [1.165, 1.54) is 39.7 Å². The molecule has 3 amide bonds. The number of amides is 3. The molecule has 2 unspecified atom stereocenters. The first kappa shape index (κ1) is 35.0. The van der Waals surface area contributed by atoms with Crippen molar-refractivity contribution in [3.63, 3.8) is 0 Å². The number of hydrogen-bond acceptors (Lipinski definition) is 9. The van der Waals surface area contributed by atoms with Crippen LogP contribution in [0.1, 0.15) is 36.2 Å². The quantitative estimate of drug-likeness (QED) is 0.180. The molecule has 4 atom stereocenters. The number of carbonyl (C=O) groups is 3. The van der Waals surface area contributed by atoms with E-state index >= 15 is 0 Å². The molecule has 1 aliphatic heterocycles. The lowest BCUT2D eigenvalue weighted by Gasteiger charge is -2.31. The molecule has 3 aromatic carbocycles. The number of thiazole rings is 1. The molecule has 14 heteroatoms. The molecule has 48 heavy (non-hydrogen) atoms. The molecule has 2 heterocycles. The molecular formula is C34H39N5O7S2. The lowest BCUT2D eigenvalue weighted by molar-refractivity contribution is -0.129. The summed E-state index contributed by atoms with van der Waals surface area (Å²) in [7, 11) is -2.54. The topological polar surface area (TPSA) is 158 Å². The Hall–Kier alpha value is -4.37. The average Bonchev–Trinajstić information content (AvgIpc) is 3.73. The number of aliphatic hydroxyl groups is 1. The van der Waals surface area contributed by atoms with Crippen LogP contribution in [-0.2, 0) is 26.0 Å². The normalized spacial score (nSPS) is 16.8. The number of aromatic nitrogens is 1. The van der Waals surface area contributed by atoms with Crippen LogP contribution in [0.15, 0.2) is 83.2 Å². The maximum absolute atomic E-state index is 14.0. The molecule has 3 N–H and O–H groups in total. The van der Waals surface area contributed by atoms with Gasteiger partial charge in [-0.2, -0.15) is 4.31 Å². The minimum absolute atomic E-state index is 0.00735. The number of rotatable bonds is 14. The third-order valence-electron chi connectivity index (χ3n) is 8.39.